The van der Waals surface area contributed by atoms with Gasteiger partial charge in [-0.2, -0.15) is 0 Å². The van der Waals surface area contributed by atoms with Gasteiger partial charge in [0, 0.05) is 11.6 Å². The number of benzene rings is 2. The molecule has 0 radical (unpaired) electrons. The molecule has 1 aliphatic carbocycles. The Balaban J connectivity index is 2.06. The Kier molecular flexibility index (Phi) is 4.34. The zero-order valence-electron chi connectivity index (χ0n) is 14.3. The first-order valence-corrected chi connectivity index (χ1v) is 9.31. The quantitative estimate of drug-likeness (QED) is 0.607. The van der Waals surface area contributed by atoms with Gasteiger partial charge in [-0.15, -0.1) is 0 Å². The molecule has 25 heavy (non-hydrogen) atoms. The van der Waals surface area contributed by atoms with E-state index in [1.165, 1.54) is 6.42 Å². The molecule has 1 heterocycles. The molecule has 4 heteroatoms. The number of aromatic nitrogens is 2. The zero-order valence-corrected chi connectivity index (χ0v) is 15.1. The van der Waals surface area contributed by atoms with Crippen LogP contribution in [0.4, 0.5) is 0 Å². The number of halogens is 1. The summed E-state index contributed by atoms with van der Waals surface area (Å²) in [5.41, 5.74) is 2.67. The minimum atomic E-state index is 0.0514. The number of nitrogens with zero attached hydrogens (tertiary/aromatic N) is 2. The van der Waals surface area contributed by atoms with Crippen LogP contribution in [0.2, 0.25) is 5.02 Å². The fraction of sp³-hybridized carbons (Fsp3) is 0.333. The number of aryl methyl sites for hydroxylation is 1. The Labute approximate surface area is 152 Å². The molecule has 0 unspecified atom stereocenters. The fourth-order valence-corrected chi connectivity index (χ4v) is 4.10. The van der Waals surface area contributed by atoms with Crippen molar-refractivity contribution >= 4 is 22.5 Å². The van der Waals surface area contributed by atoms with Crippen LogP contribution in [-0.2, 0) is 0 Å². The first-order valence-electron chi connectivity index (χ1n) is 8.93. The maximum Gasteiger partial charge on any atom is 0.261 e. The average Bonchev–Trinajstić information content (AvgIpc) is 2.63. The highest BCUT2D eigenvalue weighted by atomic mass is 35.5. The summed E-state index contributed by atoms with van der Waals surface area (Å²) in [5, 5.41) is 1.33. The minimum absolute atomic E-state index is 0.0514. The van der Waals surface area contributed by atoms with Gasteiger partial charge >= 0.3 is 0 Å². The van der Waals surface area contributed by atoms with Crippen molar-refractivity contribution in [2.75, 3.05) is 0 Å². The monoisotopic (exact) mass is 352 g/mol. The lowest BCUT2D eigenvalue weighted by molar-refractivity contribution is 0.348. The largest absolute Gasteiger partial charge is 0.289 e. The van der Waals surface area contributed by atoms with Crippen LogP contribution < -0.4 is 5.56 Å². The van der Waals surface area contributed by atoms with Crippen LogP contribution in [-0.4, -0.2) is 9.55 Å². The molecule has 0 saturated heterocycles. The molecule has 1 saturated carbocycles. The van der Waals surface area contributed by atoms with Gasteiger partial charge < -0.3 is 0 Å². The molecule has 0 bridgehead atoms. The Hall–Kier alpha value is -2.13. The van der Waals surface area contributed by atoms with Crippen LogP contribution in [0.5, 0.6) is 0 Å². The molecule has 1 fully saturated rings. The third-order valence-electron chi connectivity index (χ3n) is 5.19. The van der Waals surface area contributed by atoms with Gasteiger partial charge in [0.25, 0.3) is 5.56 Å². The first kappa shape index (κ1) is 16.3. The van der Waals surface area contributed by atoms with E-state index >= 15 is 0 Å². The second-order valence-corrected chi connectivity index (χ2v) is 7.26. The van der Waals surface area contributed by atoms with E-state index in [1.807, 2.05) is 54.0 Å². The molecular formula is C21H21ClN2O. The van der Waals surface area contributed by atoms with Gasteiger partial charge in [0.1, 0.15) is 5.82 Å². The molecule has 0 spiro atoms. The summed E-state index contributed by atoms with van der Waals surface area (Å²) >= 11 is 6.46. The lowest BCUT2D eigenvalue weighted by atomic mass is 9.94. The van der Waals surface area contributed by atoms with Crippen molar-refractivity contribution in [3.63, 3.8) is 0 Å². The fourth-order valence-electron chi connectivity index (χ4n) is 3.88. The number of hydrogen-bond donors (Lipinski definition) is 0. The van der Waals surface area contributed by atoms with Crippen LogP contribution in [0.3, 0.4) is 0 Å². The summed E-state index contributed by atoms with van der Waals surface area (Å²) in [6, 6.07) is 13.7. The molecular weight excluding hydrogens is 332 g/mol. The predicted molar refractivity (Wildman–Crippen MR) is 103 cm³/mol. The summed E-state index contributed by atoms with van der Waals surface area (Å²) in [7, 11) is 0. The summed E-state index contributed by atoms with van der Waals surface area (Å²) in [6.07, 6.45) is 5.61. The van der Waals surface area contributed by atoms with Crippen LogP contribution >= 0.6 is 11.6 Å². The van der Waals surface area contributed by atoms with Crippen molar-refractivity contribution in [1.29, 1.82) is 0 Å². The van der Waals surface area contributed by atoms with E-state index in [2.05, 4.69) is 0 Å². The van der Waals surface area contributed by atoms with E-state index in [4.69, 9.17) is 16.6 Å². The van der Waals surface area contributed by atoms with Gasteiger partial charge in [0.15, 0.2) is 0 Å². The highest BCUT2D eigenvalue weighted by Gasteiger charge is 2.23. The van der Waals surface area contributed by atoms with Crippen LogP contribution in [0.25, 0.3) is 22.3 Å². The molecule has 128 valence electrons. The Morgan fingerprint density at radius 1 is 1.04 bits per heavy atom. The van der Waals surface area contributed by atoms with Gasteiger partial charge in [-0.25, -0.2) is 4.98 Å². The third-order valence-corrected chi connectivity index (χ3v) is 5.52. The summed E-state index contributed by atoms with van der Waals surface area (Å²) in [6.45, 7) is 2.00. The van der Waals surface area contributed by atoms with Gasteiger partial charge in [-0.05, 0) is 43.5 Å². The van der Waals surface area contributed by atoms with Crippen LogP contribution in [0.1, 0.15) is 43.7 Å². The molecule has 1 aliphatic rings. The van der Waals surface area contributed by atoms with E-state index in [0.29, 0.717) is 16.2 Å². The summed E-state index contributed by atoms with van der Waals surface area (Å²) in [4.78, 5) is 18.3. The van der Waals surface area contributed by atoms with Crippen molar-refractivity contribution in [3.05, 3.63) is 63.4 Å². The molecule has 4 rings (SSSR count). The van der Waals surface area contributed by atoms with E-state index in [9.17, 15) is 4.79 Å². The second-order valence-electron chi connectivity index (χ2n) is 6.85. The van der Waals surface area contributed by atoms with Crippen LogP contribution in [0.15, 0.2) is 47.3 Å². The van der Waals surface area contributed by atoms with Crippen molar-refractivity contribution in [1.82, 2.24) is 9.55 Å². The second kappa shape index (κ2) is 6.64. The molecule has 2 aromatic carbocycles. The predicted octanol–water partition coefficient (Wildman–Crippen LogP) is 5.53. The van der Waals surface area contributed by atoms with Gasteiger partial charge in [0.05, 0.1) is 15.9 Å². The molecule has 0 atom stereocenters. The molecule has 1 aromatic heterocycles. The molecule has 0 N–H and O–H groups in total. The van der Waals surface area contributed by atoms with Gasteiger partial charge in [0.2, 0.25) is 0 Å². The zero-order chi connectivity index (χ0) is 17.4. The van der Waals surface area contributed by atoms with Crippen molar-refractivity contribution in [3.8, 4) is 11.4 Å². The van der Waals surface area contributed by atoms with E-state index in [1.54, 1.807) is 0 Å². The first-order chi connectivity index (χ1) is 12.2. The summed E-state index contributed by atoms with van der Waals surface area (Å²) < 4.78 is 1.90. The minimum Gasteiger partial charge on any atom is -0.289 e. The Morgan fingerprint density at radius 3 is 2.56 bits per heavy atom. The standard InChI is InChI=1S/C21H21ClN2O/c1-14-8-7-12-17-19(14)23-20(16-11-5-6-13-18(16)22)24(21(17)25)15-9-3-2-4-10-15/h5-8,11-13,15H,2-4,9-10H2,1H3. The highest BCUT2D eigenvalue weighted by Crippen LogP contribution is 2.33. The average molecular weight is 353 g/mol. The van der Waals surface area contributed by atoms with Crippen molar-refractivity contribution in [2.45, 2.75) is 45.1 Å². The SMILES string of the molecule is Cc1cccc2c(=O)n(C3CCCCC3)c(-c3ccccc3Cl)nc12. The van der Waals surface area contributed by atoms with Crippen LogP contribution in [0, 0.1) is 6.92 Å². The highest BCUT2D eigenvalue weighted by molar-refractivity contribution is 6.33. The molecule has 0 aliphatic heterocycles. The molecule has 0 amide bonds. The normalized spacial score (nSPS) is 15.6. The summed E-state index contributed by atoms with van der Waals surface area (Å²) in [5.74, 6) is 0.698. The van der Waals surface area contributed by atoms with Crippen molar-refractivity contribution < 1.29 is 0 Å². The topological polar surface area (TPSA) is 34.9 Å². The Morgan fingerprint density at radius 2 is 1.80 bits per heavy atom. The van der Waals surface area contributed by atoms with Gasteiger partial charge in [-0.3, -0.25) is 9.36 Å². The maximum atomic E-state index is 13.4. The van der Waals surface area contributed by atoms with Crippen molar-refractivity contribution in [2.24, 2.45) is 0 Å². The van der Waals surface area contributed by atoms with Gasteiger partial charge in [-0.1, -0.05) is 55.1 Å². The third kappa shape index (κ3) is 2.87. The number of hydrogen-bond acceptors (Lipinski definition) is 2. The maximum absolute atomic E-state index is 13.4. The lowest BCUT2D eigenvalue weighted by Crippen LogP contribution is -2.29. The number of para-hydroxylation sites is 1. The number of rotatable bonds is 2. The smallest absolute Gasteiger partial charge is 0.261 e. The van der Waals surface area contributed by atoms with E-state index in [0.717, 1.165) is 42.3 Å². The van der Waals surface area contributed by atoms with E-state index in [-0.39, 0.29) is 11.6 Å². The molecule has 3 aromatic rings. The molecule has 3 nitrogen and oxygen atoms in total. The Bertz CT molecular complexity index is 987. The number of fused-ring (bicyclic) bond motifs is 1. The lowest BCUT2D eigenvalue weighted by Gasteiger charge is -2.27. The van der Waals surface area contributed by atoms with E-state index < -0.39 is 0 Å².